The number of pyridine rings is 1. The average molecular weight is 339 g/mol. The third-order valence-electron chi connectivity index (χ3n) is 3.70. The predicted octanol–water partition coefficient (Wildman–Crippen LogP) is 3.22. The first kappa shape index (κ1) is 16.5. The molecule has 128 valence electrons. The number of rotatable bonds is 5. The van der Waals surface area contributed by atoms with E-state index in [4.69, 9.17) is 9.26 Å². The zero-order valence-corrected chi connectivity index (χ0v) is 13.8. The van der Waals surface area contributed by atoms with Gasteiger partial charge in [0.05, 0.1) is 11.3 Å². The minimum absolute atomic E-state index is 0.0877. The first-order chi connectivity index (χ1) is 12.0. The van der Waals surface area contributed by atoms with Gasteiger partial charge in [-0.15, -0.1) is 0 Å². The van der Waals surface area contributed by atoms with Crippen LogP contribution < -0.4 is 10.1 Å². The molecule has 2 N–H and O–H groups in total. The Balaban J connectivity index is 1.64. The molecular formula is C18H17N3O4. The fourth-order valence-electron chi connectivity index (χ4n) is 2.24. The van der Waals surface area contributed by atoms with Crippen LogP contribution in [0.5, 0.6) is 11.5 Å². The van der Waals surface area contributed by atoms with Gasteiger partial charge in [0, 0.05) is 11.8 Å². The maximum atomic E-state index is 12.2. The lowest BCUT2D eigenvalue weighted by Crippen LogP contribution is -2.12. The van der Waals surface area contributed by atoms with Crippen molar-refractivity contribution in [2.45, 2.75) is 20.5 Å². The third-order valence-corrected chi connectivity index (χ3v) is 3.70. The maximum absolute atomic E-state index is 12.2. The zero-order chi connectivity index (χ0) is 17.8. The lowest BCUT2D eigenvalue weighted by Gasteiger charge is -2.08. The summed E-state index contributed by atoms with van der Waals surface area (Å²) in [6.45, 7) is 4.03. The summed E-state index contributed by atoms with van der Waals surface area (Å²) in [7, 11) is 0. The lowest BCUT2D eigenvalue weighted by molar-refractivity contribution is 0.102. The normalized spacial score (nSPS) is 10.5. The van der Waals surface area contributed by atoms with Crippen molar-refractivity contribution in [3.63, 3.8) is 0 Å². The first-order valence-electron chi connectivity index (χ1n) is 7.64. The summed E-state index contributed by atoms with van der Waals surface area (Å²) in [6, 6.07) is 9.71. The Kier molecular flexibility index (Phi) is 4.65. The molecule has 0 spiro atoms. The monoisotopic (exact) mass is 339 g/mol. The van der Waals surface area contributed by atoms with Crippen molar-refractivity contribution >= 4 is 11.7 Å². The van der Waals surface area contributed by atoms with E-state index in [1.807, 2.05) is 13.8 Å². The van der Waals surface area contributed by atoms with Crippen LogP contribution >= 0.6 is 0 Å². The molecule has 0 radical (unpaired) electrons. The van der Waals surface area contributed by atoms with Crippen LogP contribution in [-0.4, -0.2) is 21.2 Å². The van der Waals surface area contributed by atoms with Crippen molar-refractivity contribution in [1.29, 1.82) is 0 Å². The largest absolute Gasteiger partial charge is 0.504 e. The molecule has 1 amide bonds. The molecule has 0 aliphatic rings. The third kappa shape index (κ3) is 3.77. The van der Waals surface area contributed by atoms with Crippen molar-refractivity contribution in [1.82, 2.24) is 10.1 Å². The lowest BCUT2D eigenvalue weighted by atomic mass is 10.2. The van der Waals surface area contributed by atoms with Crippen molar-refractivity contribution in [2.24, 2.45) is 0 Å². The molecule has 0 aliphatic heterocycles. The van der Waals surface area contributed by atoms with Gasteiger partial charge in [-0.2, -0.15) is 0 Å². The van der Waals surface area contributed by atoms with E-state index >= 15 is 0 Å². The number of anilines is 1. The summed E-state index contributed by atoms with van der Waals surface area (Å²) in [4.78, 5) is 16.1. The number of nitrogens with zero attached hydrogens (tertiary/aromatic N) is 2. The van der Waals surface area contributed by atoms with Crippen LogP contribution in [0.2, 0.25) is 0 Å². The van der Waals surface area contributed by atoms with E-state index < -0.39 is 0 Å². The zero-order valence-electron chi connectivity index (χ0n) is 13.8. The summed E-state index contributed by atoms with van der Waals surface area (Å²) in [5.41, 5.74) is 2.13. The molecule has 3 rings (SSSR count). The molecule has 7 nitrogen and oxygen atoms in total. The van der Waals surface area contributed by atoms with Crippen LogP contribution in [0.4, 0.5) is 5.82 Å². The van der Waals surface area contributed by atoms with Gasteiger partial charge in [0.1, 0.15) is 18.1 Å². The molecule has 0 aliphatic carbocycles. The fourth-order valence-corrected chi connectivity index (χ4v) is 2.24. The average Bonchev–Trinajstić information content (AvgIpc) is 2.93. The van der Waals surface area contributed by atoms with E-state index in [0.29, 0.717) is 17.9 Å². The van der Waals surface area contributed by atoms with Crippen molar-refractivity contribution in [3.8, 4) is 11.5 Å². The predicted molar refractivity (Wildman–Crippen MR) is 90.6 cm³/mol. The Hall–Kier alpha value is -3.35. The summed E-state index contributed by atoms with van der Waals surface area (Å²) in [5.74, 6) is 1.01. The maximum Gasteiger partial charge on any atom is 0.256 e. The Labute approximate surface area is 144 Å². The molecule has 0 saturated heterocycles. The molecule has 25 heavy (non-hydrogen) atoms. The Morgan fingerprint density at radius 3 is 2.64 bits per heavy atom. The van der Waals surface area contributed by atoms with Gasteiger partial charge in [-0.1, -0.05) is 5.16 Å². The number of hydrogen-bond acceptors (Lipinski definition) is 6. The number of amides is 1. The van der Waals surface area contributed by atoms with Gasteiger partial charge in [-0.25, -0.2) is 4.98 Å². The fraction of sp³-hybridized carbons (Fsp3) is 0.167. The van der Waals surface area contributed by atoms with Gasteiger partial charge in [0.2, 0.25) is 0 Å². The number of aromatic nitrogens is 2. The quantitative estimate of drug-likeness (QED) is 0.741. The van der Waals surface area contributed by atoms with Crippen molar-refractivity contribution in [2.75, 3.05) is 5.32 Å². The van der Waals surface area contributed by atoms with Crippen molar-refractivity contribution < 1.29 is 19.2 Å². The standard InChI is InChI=1S/C18H17N3O4/c1-11-15(12(2)25-21-11)10-24-14-7-5-13(6-8-14)18(23)20-17-16(22)4-3-9-19-17/h3-9,22H,10H2,1-2H3,(H,19,20,23). The van der Waals surface area contributed by atoms with E-state index in [2.05, 4.69) is 15.5 Å². The highest BCUT2D eigenvalue weighted by molar-refractivity contribution is 6.04. The Morgan fingerprint density at radius 1 is 1.24 bits per heavy atom. The Bertz CT molecular complexity index is 868. The second-order valence-electron chi connectivity index (χ2n) is 5.44. The molecule has 3 aromatic rings. The van der Waals surface area contributed by atoms with Gasteiger partial charge in [0.15, 0.2) is 11.6 Å². The number of carbonyl (C=O) groups excluding carboxylic acids is 1. The summed E-state index contributed by atoms with van der Waals surface area (Å²) >= 11 is 0. The van der Waals surface area contributed by atoms with Crippen LogP contribution in [0.25, 0.3) is 0 Å². The Morgan fingerprint density at radius 2 is 2.00 bits per heavy atom. The molecule has 2 heterocycles. The minimum atomic E-state index is -0.369. The highest BCUT2D eigenvalue weighted by atomic mass is 16.5. The molecule has 0 atom stereocenters. The minimum Gasteiger partial charge on any atom is -0.504 e. The molecule has 2 aromatic heterocycles. The molecule has 0 bridgehead atoms. The van der Waals surface area contributed by atoms with Crippen LogP contribution in [0.3, 0.4) is 0 Å². The van der Waals surface area contributed by atoms with Crippen molar-refractivity contribution in [3.05, 3.63) is 65.2 Å². The first-order valence-corrected chi connectivity index (χ1v) is 7.64. The molecular weight excluding hydrogens is 322 g/mol. The second-order valence-corrected chi connectivity index (χ2v) is 5.44. The number of carbonyl (C=O) groups is 1. The van der Waals surface area contributed by atoms with Crippen LogP contribution in [0.15, 0.2) is 47.1 Å². The van der Waals surface area contributed by atoms with E-state index in [-0.39, 0.29) is 17.5 Å². The van der Waals surface area contributed by atoms with E-state index in [0.717, 1.165) is 17.0 Å². The van der Waals surface area contributed by atoms with Gasteiger partial charge in [-0.3, -0.25) is 4.79 Å². The van der Waals surface area contributed by atoms with E-state index in [9.17, 15) is 9.90 Å². The number of aryl methyl sites for hydroxylation is 2. The van der Waals surface area contributed by atoms with Crippen LogP contribution in [0.1, 0.15) is 27.4 Å². The summed E-state index contributed by atoms with van der Waals surface area (Å²) in [6.07, 6.45) is 1.49. The van der Waals surface area contributed by atoms with E-state index in [1.165, 1.54) is 12.3 Å². The number of nitrogens with one attached hydrogen (secondary N) is 1. The number of ether oxygens (including phenoxy) is 1. The van der Waals surface area contributed by atoms with E-state index in [1.54, 1.807) is 30.3 Å². The van der Waals surface area contributed by atoms with Gasteiger partial charge in [-0.05, 0) is 50.2 Å². The second kappa shape index (κ2) is 7.04. The summed E-state index contributed by atoms with van der Waals surface area (Å²) < 4.78 is 10.8. The summed E-state index contributed by atoms with van der Waals surface area (Å²) in [5, 5.41) is 16.1. The highest BCUT2D eigenvalue weighted by Gasteiger charge is 2.11. The molecule has 1 aromatic carbocycles. The molecule has 7 heteroatoms. The molecule has 0 fully saturated rings. The smallest absolute Gasteiger partial charge is 0.256 e. The number of benzene rings is 1. The topological polar surface area (TPSA) is 97.5 Å². The SMILES string of the molecule is Cc1noc(C)c1COc1ccc(C(=O)Nc2ncccc2O)cc1. The molecule has 0 unspecified atom stereocenters. The van der Waals surface area contributed by atoms with Gasteiger partial charge < -0.3 is 19.7 Å². The highest BCUT2D eigenvalue weighted by Crippen LogP contribution is 2.21. The number of hydrogen-bond donors (Lipinski definition) is 2. The van der Waals surface area contributed by atoms with Gasteiger partial charge in [0.25, 0.3) is 5.91 Å². The molecule has 0 saturated carbocycles. The van der Waals surface area contributed by atoms with Crippen LogP contribution in [0, 0.1) is 13.8 Å². The van der Waals surface area contributed by atoms with Crippen LogP contribution in [-0.2, 0) is 6.61 Å². The number of aromatic hydroxyl groups is 1. The van der Waals surface area contributed by atoms with Gasteiger partial charge >= 0.3 is 0 Å².